The van der Waals surface area contributed by atoms with Crippen molar-refractivity contribution in [2.24, 2.45) is 0 Å². The SMILES string of the molecule is CC(C)(C)c1ccc(-c2nc(-c3ccc4c(c3)ncn4CCC(=O)N3CCOCC3)no2)cc1. The highest BCUT2D eigenvalue weighted by Gasteiger charge is 2.18. The molecule has 8 heteroatoms. The number of fused-ring (bicyclic) bond motifs is 1. The van der Waals surface area contributed by atoms with E-state index in [1.54, 1.807) is 6.33 Å². The predicted octanol–water partition coefficient (Wildman–Crippen LogP) is 4.30. The first-order valence-electron chi connectivity index (χ1n) is 11.6. The number of imidazole rings is 1. The van der Waals surface area contributed by atoms with Crippen LogP contribution in [-0.4, -0.2) is 56.8 Å². The van der Waals surface area contributed by atoms with Gasteiger partial charge >= 0.3 is 0 Å². The van der Waals surface area contributed by atoms with E-state index in [4.69, 9.17) is 9.26 Å². The summed E-state index contributed by atoms with van der Waals surface area (Å²) in [5, 5.41) is 4.18. The number of carbonyl (C=O) groups excluding carboxylic acids is 1. The average Bonchev–Trinajstić information content (AvgIpc) is 3.50. The van der Waals surface area contributed by atoms with Gasteiger partial charge in [0.05, 0.1) is 30.6 Å². The molecule has 0 unspecified atom stereocenters. The molecule has 5 rings (SSSR count). The number of morpholine rings is 1. The zero-order valence-electron chi connectivity index (χ0n) is 19.8. The van der Waals surface area contributed by atoms with E-state index >= 15 is 0 Å². The van der Waals surface area contributed by atoms with Crippen LogP contribution in [0.15, 0.2) is 53.3 Å². The lowest BCUT2D eigenvalue weighted by molar-refractivity contribution is -0.135. The number of hydrogen-bond donors (Lipinski definition) is 0. The van der Waals surface area contributed by atoms with E-state index in [0.717, 1.165) is 22.2 Å². The summed E-state index contributed by atoms with van der Waals surface area (Å²) in [7, 11) is 0. The molecule has 4 aromatic rings. The molecule has 1 amide bonds. The van der Waals surface area contributed by atoms with E-state index < -0.39 is 0 Å². The predicted molar refractivity (Wildman–Crippen MR) is 129 cm³/mol. The first kappa shape index (κ1) is 22.3. The van der Waals surface area contributed by atoms with Crippen molar-refractivity contribution < 1.29 is 14.1 Å². The third-order valence-electron chi connectivity index (χ3n) is 6.23. The van der Waals surface area contributed by atoms with Gasteiger partial charge in [-0.05, 0) is 41.3 Å². The van der Waals surface area contributed by atoms with Gasteiger partial charge < -0.3 is 18.7 Å². The maximum Gasteiger partial charge on any atom is 0.258 e. The second-order valence-corrected chi connectivity index (χ2v) is 9.64. The van der Waals surface area contributed by atoms with E-state index in [1.807, 2.05) is 39.8 Å². The molecule has 0 atom stereocenters. The van der Waals surface area contributed by atoms with Gasteiger partial charge in [0.2, 0.25) is 11.7 Å². The average molecular weight is 460 g/mol. The molecule has 3 heterocycles. The highest BCUT2D eigenvalue weighted by atomic mass is 16.5. The third-order valence-corrected chi connectivity index (χ3v) is 6.23. The first-order valence-corrected chi connectivity index (χ1v) is 11.6. The fraction of sp³-hybridized carbons (Fsp3) is 0.385. The Hall–Kier alpha value is -3.52. The number of amides is 1. The van der Waals surface area contributed by atoms with Gasteiger partial charge in [0, 0.05) is 37.2 Å². The van der Waals surface area contributed by atoms with E-state index in [2.05, 4.69) is 48.0 Å². The second-order valence-electron chi connectivity index (χ2n) is 9.64. The molecule has 2 aromatic heterocycles. The summed E-state index contributed by atoms with van der Waals surface area (Å²) in [4.78, 5) is 23.5. The van der Waals surface area contributed by atoms with Gasteiger partial charge in [0.25, 0.3) is 5.89 Å². The maximum absolute atomic E-state index is 12.5. The molecule has 0 aliphatic carbocycles. The molecule has 1 aliphatic heterocycles. The van der Waals surface area contributed by atoms with Crippen molar-refractivity contribution in [3.63, 3.8) is 0 Å². The molecule has 1 saturated heterocycles. The van der Waals surface area contributed by atoms with Gasteiger partial charge in [-0.3, -0.25) is 4.79 Å². The first-order chi connectivity index (χ1) is 16.4. The fourth-order valence-electron chi connectivity index (χ4n) is 4.14. The van der Waals surface area contributed by atoms with Crippen LogP contribution in [0, 0.1) is 0 Å². The fourth-order valence-corrected chi connectivity index (χ4v) is 4.14. The minimum Gasteiger partial charge on any atom is -0.378 e. The Morgan fingerprint density at radius 2 is 1.76 bits per heavy atom. The molecule has 1 fully saturated rings. The van der Waals surface area contributed by atoms with Crippen molar-refractivity contribution in [1.29, 1.82) is 0 Å². The normalized spacial score (nSPS) is 14.6. The molecule has 0 saturated carbocycles. The lowest BCUT2D eigenvalue weighted by Crippen LogP contribution is -2.40. The zero-order valence-corrected chi connectivity index (χ0v) is 19.8. The molecule has 34 heavy (non-hydrogen) atoms. The summed E-state index contributed by atoms with van der Waals surface area (Å²) < 4.78 is 12.9. The number of aromatic nitrogens is 4. The lowest BCUT2D eigenvalue weighted by Gasteiger charge is -2.26. The topological polar surface area (TPSA) is 86.3 Å². The van der Waals surface area contributed by atoms with E-state index in [9.17, 15) is 4.79 Å². The number of benzene rings is 2. The number of hydrogen-bond acceptors (Lipinski definition) is 6. The van der Waals surface area contributed by atoms with Crippen LogP contribution >= 0.6 is 0 Å². The van der Waals surface area contributed by atoms with Crippen molar-refractivity contribution in [3.05, 3.63) is 54.4 Å². The Bertz CT molecular complexity index is 1290. The number of carbonyl (C=O) groups is 1. The standard InChI is InChI=1S/C26H29N5O3/c1-26(2,3)20-7-4-18(5-8-20)25-28-24(29-34-25)19-6-9-22-21(16-19)27-17-31(22)11-10-23(32)30-12-14-33-15-13-30/h4-9,16-17H,10-15H2,1-3H3. The van der Waals surface area contributed by atoms with E-state index in [0.29, 0.717) is 51.0 Å². The Morgan fingerprint density at radius 3 is 2.50 bits per heavy atom. The van der Waals surface area contributed by atoms with Gasteiger partial charge in [-0.15, -0.1) is 0 Å². The molecule has 0 spiro atoms. The van der Waals surface area contributed by atoms with Crippen molar-refractivity contribution >= 4 is 16.9 Å². The quantitative estimate of drug-likeness (QED) is 0.442. The van der Waals surface area contributed by atoms with Gasteiger partial charge in [-0.1, -0.05) is 38.1 Å². The molecule has 176 valence electrons. The van der Waals surface area contributed by atoms with Crippen LogP contribution in [0.2, 0.25) is 0 Å². The molecule has 0 radical (unpaired) electrons. The van der Waals surface area contributed by atoms with Crippen LogP contribution in [0.25, 0.3) is 33.9 Å². The van der Waals surface area contributed by atoms with Crippen LogP contribution in [0.3, 0.4) is 0 Å². The van der Waals surface area contributed by atoms with Crippen LogP contribution < -0.4 is 0 Å². The zero-order chi connectivity index (χ0) is 23.7. The van der Waals surface area contributed by atoms with Crippen LogP contribution in [0.5, 0.6) is 0 Å². The van der Waals surface area contributed by atoms with Crippen LogP contribution in [0.1, 0.15) is 32.8 Å². The number of rotatable bonds is 5. The Morgan fingerprint density at radius 1 is 1.03 bits per heavy atom. The van der Waals surface area contributed by atoms with Crippen molar-refractivity contribution in [2.45, 2.75) is 39.2 Å². The van der Waals surface area contributed by atoms with Crippen molar-refractivity contribution in [1.82, 2.24) is 24.6 Å². The van der Waals surface area contributed by atoms with Gasteiger partial charge in [-0.2, -0.15) is 4.98 Å². The molecular weight excluding hydrogens is 430 g/mol. The molecular formula is C26H29N5O3. The molecule has 0 bridgehead atoms. The van der Waals surface area contributed by atoms with Crippen molar-refractivity contribution in [3.8, 4) is 22.8 Å². The summed E-state index contributed by atoms with van der Waals surface area (Å²) in [6.45, 7) is 9.71. The van der Waals surface area contributed by atoms with Gasteiger partial charge in [0.15, 0.2) is 0 Å². The number of aryl methyl sites for hydroxylation is 1. The second kappa shape index (κ2) is 9.02. The smallest absolute Gasteiger partial charge is 0.258 e. The monoisotopic (exact) mass is 459 g/mol. The minimum absolute atomic E-state index is 0.0904. The number of nitrogens with zero attached hydrogens (tertiary/aromatic N) is 5. The highest BCUT2D eigenvalue weighted by Crippen LogP contribution is 2.28. The van der Waals surface area contributed by atoms with Gasteiger partial charge in [0.1, 0.15) is 0 Å². The minimum atomic E-state index is 0.0904. The Balaban J connectivity index is 1.30. The number of ether oxygens (including phenoxy) is 1. The highest BCUT2D eigenvalue weighted by molar-refractivity contribution is 5.81. The van der Waals surface area contributed by atoms with Crippen molar-refractivity contribution in [2.75, 3.05) is 26.3 Å². The summed E-state index contributed by atoms with van der Waals surface area (Å²) in [6.07, 6.45) is 2.22. The summed E-state index contributed by atoms with van der Waals surface area (Å²) in [5.74, 6) is 1.16. The molecule has 8 nitrogen and oxygen atoms in total. The van der Waals surface area contributed by atoms with Crippen LogP contribution in [0.4, 0.5) is 0 Å². The lowest BCUT2D eigenvalue weighted by atomic mass is 9.87. The molecule has 1 aliphatic rings. The summed E-state index contributed by atoms with van der Waals surface area (Å²) in [5.41, 5.74) is 4.87. The molecule has 0 N–H and O–H groups in total. The Labute approximate surface area is 198 Å². The van der Waals surface area contributed by atoms with Crippen LogP contribution in [-0.2, 0) is 21.5 Å². The molecule has 2 aromatic carbocycles. The van der Waals surface area contributed by atoms with E-state index in [1.165, 1.54) is 5.56 Å². The summed E-state index contributed by atoms with van der Waals surface area (Å²) >= 11 is 0. The van der Waals surface area contributed by atoms with E-state index in [-0.39, 0.29) is 11.3 Å². The van der Waals surface area contributed by atoms with Gasteiger partial charge in [-0.25, -0.2) is 4.98 Å². The third kappa shape index (κ3) is 4.59. The maximum atomic E-state index is 12.5. The Kier molecular flexibility index (Phi) is 5.91. The largest absolute Gasteiger partial charge is 0.378 e. The summed E-state index contributed by atoms with van der Waals surface area (Å²) in [6, 6.07) is 14.1.